The summed E-state index contributed by atoms with van der Waals surface area (Å²) in [6.45, 7) is 0. The predicted molar refractivity (Wildman–Crippen MR) is 44.8 cm³/mol. The second-order valence-electron chi connectivity index (χ2n) is 2.13. The van der Waals surface area contributed by atoms with Crippen LogP contribution < -0.4 is 5.73 Å². The van der Waals surface area contributed by atoms with Crippen LogP contribution in [-0.2, 0) is 14.3 Å². The average Bonchev–Trinajstić information content (AvgIpc) is 2.00. The summed E-state index contributed by atoms with van der Waals surface area (Å²) in [5.74, 6) is -1.64. The minimum atomic E-state index is -0.982. The Labute approximate surface area is 75.3 Å². The van der Waals surface area contributed by atoms with E-state index in [-0.39, 0.29) is 18.8 Å². The van der Waals surface area contributed by atoms with Crippen molar-refractivity contribution in [2.75, 3.05) is 5.94 Å². The van der Waals surface area contributed by atoms with E-state index in [1.165, 1.54) is 0 Å². The number of carbonyl (C=O) groups excluding carboxylic acids is 1. The van der Waals surface area contributed by atoms with Gasteiger partial charge in [-0.2, -0.15) is 0 Å². The predicted octanol–water partition coefficient (Wildman–Crippen LogP) is -0.391. The minimum absolute atomic E-state index is 0.0421. The number of thiol groups is 1. The van der Waals surface area contributed by atoms with Crippen molar-refractivity contribution in [3.63, 3.8) is 0 Å². The van der Waals surface area contributed by atoms with Gasteiger partial charge in [-0.3, -0.25) is 9.59 Å². The summed E-state index contributed by atoms with van der Waals surface area (Å²) < 4.78 is 4.44. The summed E-state index contributed by atoms with van der Waals surface area (Å²) in [5, 5.41) is 8.25. The van der Waals surface area contributed by atoms with E-state index in [9.17, 15) is 9.59 Å². The third-order valence-corrected chi connectivity index (χ3v) is 1.31. The molecule has 1 atom stereocenters. The van der Waals surface area contributed by atoms with Crippen LogP contribution in [0.4, 0.5) is 0 Å². The molecule has 0 aliphatic heterocycles. The van der Waals surface area contributed by atoms with Crippen LogP contribution in [0.1, 0.15) is 12.8 Å². The molecule has 5 nitrogen and oxygen atoms in total. The highest BCUT2D eigenvalue weighted by atomic mass is 32.1. The highest BCUT2D eigenvalue weighted by Crippen LogP contribution is 1.97. The number of hydrogen-bond acceptors (Lipinski definition) is 5. The second kappa shape index (κ2) is 5.84. The van der Waals surface area contributed by atoms with Crippen LogP contribution in [0.2, 0.25) is 0 Å². The molecule has 70 valence electrons. The minimum Gasteiger partial charge on any atom is -0.481 e. The number of carboxylic acids is 1. The zero-order valence-electron chi connectivity index (χ0n) is 6.40. The Morgan fingerprint density at radius 3 is 2.58 bits per heavy atom. The van der Waals surface area contributed by atoms with E-state index in [1.54, 1.807) is 0 Å². The molecule has 0 radical (unpaired) electrons. The van der Waals surface area contributed by atoms with E-state index in [0.29, 0.717) is 0 Å². The summed E-state index contributed by atoms with van der Waals surface area (Å²) in [5.41, 5.74) is 5.28. The van der Waals surface area contributed by atoms with E-state index in [1.807, 2.05) is 0 Å². The molecule has 0 saturated heterocycles. The van der Waals surface area contributed by atoms with E-state index in [0.717, 1.165) is 0 Å². The molecule has 0 rings (SSSR count). The lowest BCUT2D eigenvalue weighted by atomic mass is 10.2. The lowest BCUT2D eigenvalue weighted by Gasteiger charge is -2.07. The number of esters is 1. The maximum absolute atomic E-state index is 10.8. The number of carbonyl (C=O) groups is 2. The first-order chi connectivity index (χ1) is 5.57. The van der Waals surface area contributed by atoms with Crippen LogP contribution in [0.5, 0.6) is 0 Å². The fourth-order valence-corrected chi connectivity index (χ4v) is 0.695. The molecular weight excluding hydrogens is 182 g/mol. The van der Waals surface area contributed by atoms with Crippen molar-refractivity contribution in [1.82, 2.24) is 0 Å². The highest BCUT2D eigenvalue weighted by Gasteiger charge is 2.15. The Hall–Kier alpha value is -0.750. The smallest absolute Gasteiger partial charge is 0.323 e. The van der Waals surface area contributed by atoms with E-state index in [2.05, 4.69) is 17.4 Å². The van der Waals surface area contributed by atoms with Gasteiger partial charge < -0.3 is 15.6 Å². The zero-order valence-corrected chi connectivity index (χ0v) is 7.29. The molecule has 0 aliphatic rings. The Morgan fingerprint density at radius 2 is 2.17 bits per heavy atom. The molecule has 0 aliphatic carbocycles. The molecule has 0 bridgehead atoms. The quantitative estimate of drug-likeness (QED) is 0.314. The molecule has 0 unspecified atom stereocenters. The van der Waals surface area contributed by atoms with Gasteiger partial charge in [-0.25, -0.2) is 0 Å². The summed E-state index contributed by atoms with van der Waals surface area (Å²) in [4.78, 5) is 20.8. The number of rotatable bonds is 5. The number of aliphatic carboxylic acids is 1. The van der Waals surface area contributed by atoms with Gasteiger partial charge in [0.05, 0.1) is 0 Å². The monoisotopic (exact) mass is 193 g/mol. The molecule has 0 aromatic heterocycles. The van der Waals surface area contributed by atoms with Crippen molar-refractivity contribution in [2.45, 2.75) is 18.9 Å². The third kappa shape index (κ3) is 4.97. The fraction of sp³-hybridized carbons (Fsp3) is 0.667. The van der Waals surface area contributed by atoms with Crippen LogP contribution in [0, 0.1) is 0 Å². The van der Waals surface area contributed by atoms with E-state index >= 15 is 0 Å². The zero-order chi connectivity index (χ0) is 9.56. The molecule has 3 N–H and O–H groups in total. The van der Waals surface area contributed by atoms with Gasteiger partial charge in [-0.15, -0.1) is 12.6 Å². The van der Waals surface area contributed by atoms with Crippen molar-refractivity contribution in [3.05, 3.63) is 0 Å². The summed E-state index contributed by atoms with van der Waals surface area (Å²) >= 11 is 3.65. The summed E-state index contributed by atoms with van der Waals surface area (Å²) in [6, 6.07) is -0.867. The van der Waals surface area contributed by atoms with Crippen LogP contribution in [0.3, 0.4) is 0 Å². The number of ether oxygens (including phenoxy) is 1. The van der Waals surface area contributed by atoms with Crippen molar-refractivity contribution in [3.8, 4) is 0 Å². The van der Waals surface area contributed by atoms with Crippen LogP contribution >= 0.6 is 12.6 Å². The molecule has 0 saturated carbocycles. The topological polar surface area (TPSA) is 89.6 Å². The molecular formula is C6H11NO4S. The Morgan fingerprint density at radius 1 is 1.58 bits per heavy atom. The van der Waals surface area contributed by atoms with Gasteiger partial charge in [-0.05, 0) is 6.42 Å². The van der Waals surface area contributed by atoms with Crippen molar-refractivity contribution < 1.29 is 19.4 Å². The molecule has 0 heterocycles. The Kier molecular flexibility index (Phi) is 5.48. The summed E-state index contributed by atoms with van der Waals surface area (Å²) in [6.07, 6.45) is -0.0508. The second-order valence-corrected chi connectivity index (χ2v) is 2.39. The van der Waals surface area contributed by atoms with Gasteiger partial charge in [0.25, 0.3) is 0 Å². The molecule has 0 fully saturated rings. The van der Waals surface area contributed by atoms with Crippen molar-refractivity contribution >= 4 is 24.6 Å². The Balaban J connectivity index is 3.63. The summed E-state index contributed by atoms with van der Waals surface area (Å²) in [7, 11) is 0. The first-order valence-electron chi connectivity index (χ1n) is 3.32. The maximum Gasteiger partial charge on any atom is 0.323 e. The number of nitrogens with two attached hydrogens (primary N) is 1. The van der Waals surface area contributed by atoms with Gasteiger partial charge in [0.15, 0.2) is 0 Å². The van der Waals surface area contributed by atoms with Crippen molar-refractivity contribution in [1.29, 1.82) is 0 Å². The van der Waals surface area contributed by atoms with Crippen LogP contribution in [0.15, 0.2) is 0 Å². The Bertz CT molecular complexity index is 173. The van der Waals surface area contributed by atoms with Gasteiger partial charge in [-0.1, -0.05) is 0 Å². The highest BCUT2D eigenvalue weighted by molar-refractivity contribution is 7.80. The van der Waals surface area contributed by atoms with E-state index in [4.69, 9.17) is 10.8 Å². The molecule has 0 spiro atoms. The first-order valence-corrected chi connectivity index (χ1v) is 3.96. The number of hydrogen-bond donors (Lipinski definition) is 3. The first kappa shape index (κ1) is 11.2. The van der Waals surface area contributed by atoms with Gasteiger partial charge in [0.2, 0.25) is 0 Å². The van der Waals surface area contributed by atoms with Gasteiger partial charge in [0.1, 0.15) is 12.0 Å². The fourth-order valence-electron chi connectivity index (χ4n) is 0.567. The average molecular weight is 193 g/mol. The molecule has 12 heavy (non-hydrogen) atoms. The molecule has 0 amide bonds. The van der Waals surface area contributed by atoms with Crippen LogP contribution in [-0.4, -0.2) is 29.0 Å². The molecule has 0 aromatic rings. The lowest BCUT2D eigenvalue weighted by Crippen LogP contribution is -2.32. The number of carboxylic acid groups (broad SMARTS) is 1. The largest absolute Gasteiger partial charge is 0.481 e. The normalized spacial score (nSPS) is 12.2. The van der Waals surface area contributed by atoms with Crippen LogP contribution in [0.25, 0.3) is 0 Å². The molecule has 0 aromatic carbocycles. The SMILES string of the molecule is N[C@H](CCC(=O)O)C(=O)OCS. The van der Waals surface area contributed by atoms with Crippen molar-refractivity contribution in [2.24, 2.45) is 5.73 Å². The van der Waals surface area contributed by atoms with Gasteiger partial charge >= 0.3 is 11.9 Å². The standard InChI is InChI=1S/C6H11NO4S/c7-4(1-2-5(8)9)6(10)11-3-12/h4,12H,1-3,7H2,(H,8,9)/t4-/m1/s1. The van der Waals surface area contributed by atoms with E-state index < -0.39 is 18.0 Å². The third-order valence-electron chi connectivity index (χ3n) is 1.18. The van der Waals surface area contributed by atoms with Gasteiger partial charge in [0, 0.05) is 6.42 Å². The maximum atomic E-state index is 10.8. The lowest BCUT2D eigenvalue weighted by molar-refractivity contribution is -0.143. The molecule has 6 heteroatoms.